The van der Waals surface area contributed by atoms with Gasteiger partial charge < -0.3 is 10.6 Å². The number of hydrogen-bond donors (Lipinski definition) is 2. The lowest BCUT2D eigenvalue weighted by atomic mass is 9.65. The Morgan fingerprint density at radius 2 is 2.10 bits per heavy atom. The molecule has 1 saturated carbocycles. The first-order chi connectivity index (χ1) is 13.8. The van der Waals surface area contributed by atoms with Crippen molar-refractivity contribution in [3.05, 3.63) is 36.3 Å². The molecule has 0 unspecified atom stereocenters. The van der Waals surface area contributed by atoms with E-state index < -0.39 is 10.0 Å². The summed E-state index contributed by atoms with van der Waals surface area (Å²) in [6, 6.07) is 5.13. The second-order valence-electron chi connectivity index (χ2n) is 8.36. The Balaban J connectivity index is 0.00000218. The van der Waals surface area contributed by atoms with E-state index >= 15 is 0 Å². The molecule has 2 aromatic heterocycles. The summed E-state index contributed by atoms with van der Waals surface area (Å²) < 4.78 is 30.9. The van der Waals surface area contributed by atoms with E-state index in [0.29, 0.717) is 17.3 Å². The van der Waals surface area contributed by atoms with Crippen LogP contribution in [0.5, 0.6) is 0 Å². The number of nitrogen functional groups attached to an aromatic ring is 1. The normalized spacial score (nSPS) is 24.6. The molecule has 6 rings (SSSR count). The van der Waals surface area contributed by atoms with Crippen LogP contribution in [0.1, 0.15) is 19.8 Å². The molecule has 0 amide bonds. The van der Waals surface area contributed by atoms with Gasteiger partial charge in [0.1, 0.15) is 6.33 Å². The lowest BCUT2D eigenvalue weighted by Gasteiger charge is -2.55. The highest BCUT2D eigenvalue weighted by Crippen LogP contribution is 2.43. The standard InChI is InChI=1S/C19H23N7O2S.H2/c1-12-3-4-14(29(27,28)24-19-6-13(7-19)9-25(2)10-19)5-15(12)16-8-21-18-17(20)22-11-23-26(16)18;/h3-5,8,11,13,24H,6-7,9-10H2,1-2H3,(H2,20,22,23);1H. The Bertz CT molecular complexity index is 1220. The van der Waals surface area contributed by atoms with Gasteiger partial charge in [-0.05, 0) is 50.4 Å². The second-order valence-corrected chi connectivity index (χ2v) is 10.0. The number of benzene rings is 1. The van der Waals surface area contributed by atoms with Crippen LogP contribution >= 0.6 is 0 Å². The zero-order chi connectivity index (χ0) is 20.4. The quantitative estimate of drug-likeness (QED) is 0.659. The summed E-state index contributed by atoms with van der Waals surface area (Å²) in [6.45, 7) is 3.71. The molecule has 4 heterocycles. The number of imidazole rings is 1. The van der Waals surface area contributed by atoms with Gasteiger partial charge in [0.05, 0.1) is 16.8 Å². The maximum absolute atomic E-state index is 13.2. The first-order valence-electron chi connectivity index (χ1n) is 9.54. The molecule has 0 radical (unpaired) electrons. The first kappa shape index (κ1) is 18.5. The number of sulfonamides is 1. The van der Waals surface area contributed by atoms with Crippen molar-refractivity contribution in [2.24, 2.45) is 5.92 Å². The van der Waals surface area contributed by atoms with Gasteiger partial charge in [0.15, 0.2) is 11.5 Å². The number of nitrogens with one attached hydrogen (secondary N) is 1. The van der Waals surface area contributed by atoms with Crippen LogP contribution in [0.2, 0.25) is 0 Å². The molecule has 10 heteroatoms. The number of rotatable bonds is 4. The number of likely N-dealkylation sites (N-methyl/N-ethyl adjacent to an activating group) is 1. The molecule has 3 fully saturated rings. The SMILES string of the molecule is Cc1ccc(S(=O)(=O)NC23CC(CN(C)C2)C3)cc1-c1cnc2c(N)ncnn12.[HH]. The predicted octanol–water partition coefficient (Wildman–Crippen LogP) is 1.30. The maximum atomic E-state index is 13.2. The molecule has 2 saturated heterocycles. The number of anilines is 1. The summed E-state index contributed by atoms with van der Waals surface area (Å²) in [4.78, 5) is 10.7. The highest BCUT2D eigenvalue weighted by atomic mass is 32.2. The van der Waals surface area contributed by atoms with Gasteiger partial charge in [-0.3, -0.25) is 0 Å². The topological polar surface area (TPSA) is 119 Å². The van der Waals surface area contributed by atoms with Gasteiger partial charge >= 0.3 is 0 Å². The van der Waals surface area contributed by atoms with Crippen molar-refractivity contribution < 1.29 is 9.84 Å². The molecule has 3 aromatic rings. The van der Waals surface area contributed by atoms with Crippen molar-refractivity contribution in [1.29, 1.82) is 0 Å². The Kier molecular flexibility index (Phi) is 3.96. The van der Waals surface area contributed by atoms with Gasteiger partial charge in [-0.25, -0.2) is 27.6 Å². The van der Waals surface area contributed by atoms with Gasteiger partial charge in [-0.2, -0.15) is 5.10 Å². The largest absolute Gasteiger partial charge is 0.381 e. The molecular weight excluding hydrogens is 390 g/mol. The monoisotopic (exact) mass is 415 g/mol. The van der Waals surface area contributed by atoms with Crippen LogP contribution in [0.4, 0.5) is 5.82 Å². The summed E-state index contributed by atoms with van der Waals surface area (Å²) in [5.74, 6) is 0.850. The summed E-state index contributed by atoms with van der Waals surface area (Å²) in [6.07, 6.45) is 4.80. The fourth-order valence-corrected chi connectivity index (χ4v) is 6.29. The van der Waals surface area contributed by atoms with Crippen molar-refractivity contribution >= 4 is 21.5 Å². The van der Waals surface area contributed by atoms with Crippen LogP contribution in [-0.2, 0) is 10.0 Å². The van der Waals surface area contributed by atoms with Crippen LogP contribution in [0.3, 0.4) is 0 Å². The molecule has 1 aromatic carbocycles. The summed E-state index contributed by atoms with van der Waals surface area (Å²) in [5, 5.41) is 4.22. The van der Waals surface area contributed by atoms with Gasteiger partial charge in [0.25, 0.3) is 0 Å². The zero-order valence-corrected chi connectivity index (χ0v) is 17.1. The van der Waals surface area contributed by atoms with E-state index in [1.807, 2.05) is 20.0 Å². The van der Waals surface area contributed by atoms with Crippen LogP contribution in [-0.4, -0.2) is 58.6 Å². The summed E-state index contributed by atoms with van der Waals surface area (Å²) in [5.41, 5.74) is 8.29. The van der Waals surface area contributed by atoms with Gasteiger partial charge in [0.2, 0.25) is 10.0 Å². The molecule has 9 nitrogen and oxygen atoms in total. The highest BCUT2D eigenvalue weighted by Gasteiger charge is 2.51. The number of nitrogens with zero attached hydrogens (tertiary/aromatic N) is 5. The minimum absolute atomic E-state index is 0. The molecule has 1 aliphatic carbocycles. The number of aromatic nitrogens is 4. The van der Waals surface area contributed by atoms with Gasteiger partial charge in [0, 0.05) is 25.6 Å². The third kappa shape index (κ3) is 2.98. The first-order valence-corrected chi connectivity index (χ1v) is 11.0. The minimum atomic E-state index is -3.66. The number of fused-ring (bicyclic) bond motifs is 3. The Morgan fingerprint density at radius 1 is 1.31 bits per heavy atom. The lowest BCUT2D eigenvalue weighted by Crippen LogP contribution is -2.68. The molecule has 154 valence electrons. The maximum Gasteiger partial charge on any atom is 0.241 e. The Hall–Kier alpha value is -2.56. The fourth-order valence-electron chi connectivity index (χ4n) is 4.85. The van der Waals surface area contributed by atoms with Crippen molar-refractivity contribution in [2.75, 3.05) is 25.9 Å². The number of aryl methyl sites for hydroxylation is 1. The van der Waals surface area contributed by atoms with E-state index in [1.165, 1.54) is 6.33 Å². The average Bonchev–Trinajstić information content (AvgIpc) is 3.05. The Morgan fingerprint density at radius 3 is 2.86 bits per heavy atom. The minimum Gasteiger partial charge on any atom is -0.381 e. The van der Waals surface area contributed by atoms with E-state index in [9.17, 15) is 8.42 Å². The molecule has 29 heavy (non-hydrogen) atoms. The molecule has 3 N–H and O–H groups in total. The molecular formula is C19H25N7O2S. The van der Waals surface area contributed by atoms with E-state index in [2.05, 4.69) is 24.7 Å². The van der Waals surface area contributed by atoms with Crippen molar-refractivity contribution in [3.63, 3.8) is 0 Å². The summed E-state index contributed by atoms with van der Waals surface area (Å²) >= 11 is 0. The second kappa shape index (κ2) is 6.22. The van der Waals surface area contributed by atoms with Crippen LogP contribution in [0, 0.1) is 12.8 Å². The third-order valence-corrected chi connectivity index (χ3v) is 7.55. The Labute approximate surface area is 170 Å². The highest BCUT2D eigenvalue weighted by molar-refractivity contribution is 7.89. The van der Waals surface area contributed by atoms with Crippen LogP contribution < -0.4 is 10.5 Å². The van der Waals surface area contributed by atoms with E-state index in [4.69, 9.17) is 5.73 Å². The number of hydrogen-bond acceptors (Lipinski definition) is 7. The van der Waals surface area contributed by atoms with Crippen LogP contribution in [0.15, 0.2) is 35.6 Å². The predicted molar refractivity (Wildman–Crippen MR) is 111 cm³/mol. The molecule has 0 spiro atoms. The molecule has 2 aliphatic heterocycles. The average molecular weight is 416 g/mol. The van der Waals surface area contributed by atoms with E-state index in [0.717, 1.165) is 37.1 Å². The fraction of sp³-hybridized carbons (Fsp3) is 0.421. The molecule has 2 bridgehead atoms. The van der Waals surface area contributed by atoms with E-state index in [-0.39, 0.29) is 17.7 Å². The van der Waals surface area contributed by atoms with Gasteiger partial charge in [-0.1, -0.05) is 6.07 Å². The third-order valence-electron chi connectivity index (χ3n) is 5.98. The van der Waals surface area contributed by atoms with Gasteiger partial charge in [-0.15, -0.1) is 0 Å². The molecule has 0 atom stereocenters. The van der Waals surface area contributed by atoms with Crippen LogP contribution in [0.25, 0.3) is 16.9 Å². The molecule has 3 aliphatic rings. The van der Waals surface area contributed by atoms with Crippen molar-refractivity contribution in [3.8, 4) is 11.3 Å². The lowest BCUT2D eigenvalue weighted by molar-refractivity contribution is 0.00611. The van der Waals surface area contributed by atoms with Crippen molar-refractivity contribution in [1.82, 2.24) is 29.2 Å². The number of nitrogens with two attached hydrogens (primary N) is 1. The number of piperidine rings is 2. The smallest absolute Gasteiger partial charge is 0.241 e. The van der Waals surface area contributed by atoms with E-state index in [1.54, 1.807) is 22.8 Å². The summed E-state index contributed by atoms with van der Waals surface area (Å²) in [7, 11) is -1.62. The van der Waals surface area contributed by atoms with Crippen molar-refractivity contribution in [2.45, 2.75) is 30.2 Å². The zero-order valence-electron chi connectivity index (χ0n) is 16.3.